The van der Waals surface area contributed by atoms with E-state index in [0.29, 0.717) is 5.02 Å². The molecule has 33 heavy (non-hydrogen) atoms. The van der Waals surface area contributed by atoms with Gasteiger partial charge in [0, 0.05) is 28.3 Å². The van der Waals surface area contributed by atoms with E-state index in [1.165, 1.54) is 42.5 Å². The number of nitro groups is 2. The molecule has 0 aliphatic carbocycles. The Labute approximate surface area is 189 Å². The van der Waals surface area contributed by atoms with E-state index >= 15 is 0 Å². The average molecular weight is 473 g/mol. The molecule has 0 aliphatic rings. The standard InChI is InChI=1S/C18H13ClN8O6/c19-12-6-4-10(5-7-12)17(28)24-22-15-14(27(32)33)16(21-9-20-15)23-25-18(29)11-2-1-3-13(8-11)26(30)31/h1-9H,(H,24,28)(H,25,29)(H2,20,21,22,23). The fourth-order valence-electron chi connectivity index (χ4n) is 2.47. The van der Waals surface area contributed by atoms with Crippen LogP contribution in [0.25, 0.3) is 0 Å². The molecular formula is C18H13ClN8O6. The maximum Gasteiger partial charge on any atom is 0.356 e. The zero-order chi connectivity index (χ0) is 24.0. The number of non-ortho nitro benzene ring substituents is 1. The molecule has 3 rings (SSSR count). The fourth-order valence-corrected chi connectivity index (χ4v) is 2.60. The minimum absolute atomic E-state index is 0.0676. The highest BCUT2D eigenvalue weighted by Gasteiger charge is 2.24. The Bertz CT molecular complexity index is 1240. The topological polar surface area (TPSA) is 194 Å². The van der Waals surface area contributed by atoms with Gasteiger partial charge in [-0.1, -0.05) is 17.7 Å². The summed E-state index contributed by atoms with van der Waals surface area (Å²) in [5.41, 5.74) is 8.20. The van der Waals surface area contributed by atoms with E-state index in [1.807, 2.05) is 0 Å². The number of aromatic nitrogens is 2. The van der Waals surface area contributed by atoms with Crippen molar-refractivity contribution >= 4 is 46.4 Å². The normalized spacial score (nSPS) is 10.1. The Balaban J connectivity index is 1.73. The molecule has 15 heteroatoms. The van der Waals surface area contributed by atoms with E-state index in [4.69, 9.17) is 11.6 Å². The molecule has 14 nitrogen and oxygen atoms in total. The first-order chi connectivity index (χ1) is 15.8. The molecule has 2 amide bonds. The molecule has 0 atom stereocenters. The molecule has 0 fully saturated rings. The van der Waals surface area contributed by atoms with Crippen molar-refractivity contribution in [3.63, 3.8) is 0 Å². The molecule has 1 aromatic heterocycles. The molecule has 3 aromatic rings. The van der Waals surface area contributed by atoms with E-state index in [1.54, 1.807) is 0 Å². The molecule has 4 N–H and O–H groups in total. The summed E-state index contributed by atoms with van der Waals surface area (Å²) in [6, 6.07) is 10.8. The van der Waals surface area contributed by atoms with Gasteiger partial charge in [0.1, 0.15) is 6.33 Å². The Morgan fingerprint density at radius 1 is 0.818 bits per heavy atom. The van der Waals surface area contributed by atoms with E-state index in [-0.39, 0.29) is 22.6 Å². The first-order valence-electron chi connectivity index (χ1n) is 8.88. The van der Waals surface area contributed by atoms with Gasteiger partial charge < -0.3 is 0 Å². The minimum atomic E-state index is -0.835. The van der Waals surface area contributed by atoms with Crippen LogP contribution in [0.1, 0.15) is 20.7 Å². The summed E-state index contributed by atoms with van der Waals surface area (Å²) >= 11 is 5.77. The number of nitro benzene ring substituents is 1. The fraction of sp³-hybridized carbons (Fsp3) is 0. The first kappa shape index (κ1) is 22.8. The number of halogens is 1. The summed E-state index contributed by atoms with van der Waals surface area (Å²) in [5, 5.41) is 22.8. The molecule has 0 unspecified atom stereocenters. The summed E-state index contributed by atoms with van der Waals surface area (Å²) in [4.78, 5) is 52.8. The number of nitrogens with one attached hydrogen (secondary N) is 4. The monoisotopic (exact) mass is 472 g/mol. The third-order valence-electron chi connectivity index (χ3n) is 4.02. The molecule has 1 heterocycles. The van der Waals surface area contributed by atoms with Crippen LogP contribution in [-0.4, -0.2) is 31.6 Å². The zero-order valence-electron chi connectivity index (χ0n) is 16.3. The van der Waals surface area contributed by atoms with Crippen LogP contribution >= 0.6 is 11.6 Å². The molecule has 0 bridgehead atoms. The summed E-state index contributed by atoms with van der Waals surface area (Å²) < 4.78 is 0. The van der Waals surface area contributed by atoms with Gasteiger partial charge in [-0.2, -0.15) is 0 Å². The summed E-state index contributed by atoms with van der Waals surface area (Å²) in [6.45, 7) is 0. The number of carbonyl (C=O) groups is 2. The van der Waals surface area contributed by atoms with E-state index < -0.39 is 33.2 Å². The summed E-state index contributed by atoms with van der Waals surface area (Å²) in [7, 11) is 0. The molecule has 0 saturated carbocycles. The number of carbonyl (C=O) groups excluding carboxylic acids is 2. The molecular weight excluding hydrogens is 460 g/mol. The predicted octanol–water partition coefficient (Wildman–Crippen LogP) is 2.46. The minimum Gasteiger partial charge on any atom is -0.276 e. The van der Waals surface area contributed by atoms with Gasteiger partial charge in [-0.3, -0.25) is 51.5 Å². The van der Waals surface area contributed by atoms with E-state index in [9.17, 15) is 29.8 Å². The lowest BCUT2D eigenvalue weighted by molar-refractivity contribution is -0.384. The van der Waals surface area contributed by atoms with Gasteiger partial charge >= 0.3 is 5.69 Å². The maximum absolute atomic E-state index is 12.3. The number of amides is 2. The van der Waals surface area contributed by atoms with Crippen molar-refractivity contribution in [1.82, 2.24) is 20.8 Å². The lowest BCUT2D eigenvalue weighted by atomic mass is 10.2. The van der Waals surface area contributed by atoms with E-state index in [2.05, 4.69) is 31.7 Å². The van der Waals surface area contributed by atoms with Crippen LogP contribution < -0.4 is 21.7 Å². The maximum atomic E-state index is 12.3. The summed E-state index contributed by atoms with van der Waals surface area (Å²) in [6.07, 6.45) is 0.950. The Morgan fingerprint density at radius 2 is 1.39 bits per heavy atom. The second-order valence-electron chi connectivity index (χ2n) is 6.15. The summed E-state index contributed by atoms with van der Waals surface area (Å²) in [5.74, 6) is -2.20. The van der Waals surface area contributed by atoms with Gasteiger partial charge in [0.15, 0.2) is 0 Å². The number of hydrogen-bond donors (Lipinski definition) is 4. The van der Waals surface area contributed by atoms with Crippen LogP contribution in [-0.2, 0) is 0 Å². The van der Waals surface area contributed by atoms with Gasteiger partial charge in [0.25, 0.3) is 17.5 Å². The highest BCUT2D eigenvalue weighted by molar-refractivity contribution is 6.30. The molecule has 0 saturated heterocycles. The van der Waals surface area contributed by atoms with Crippen molar-refractivity contribution in [3.8, 4) is 0 Å². The molecule has 0 spiro atoms. The predicted molar refractivity (Wildman–Crippen MR) is 115 cm³/mol. The van der Waals surface area contributed by atoms with Crippen LogP contribution in [0.15, 0.2) is 54.9 Å². The first-order valence-corrected chi connectivity index (χ1v) is 9.26. The molecule has 0 aliphatic heterocycles. The second-order valence-corrected chi connectivity index (χ2v) is 6.59. The number of hydrazine groups is 2. The Kier molecular flexibility index (Phi) is 6.90. The Hall–Kier alpha value is -4.85. The van der Waals surface area contributed by atoms with Crippen molar-refractivity contribution in [2.75, 3.05) is 10.9 Å². The highest BCUT2D eigenvalue weighted by atomic mass is 35.5. The second kappa shape index (κ2) is 9.97. The number of anilines is 2. The van der Waals surface area contributed by atoms with Crippen LogP contribution in [0.3, 0.4) is 0 Å². The van der Waals surface area contributed by atoms with Crippen molar-refractivity contribution in [2.24, 2.45) is 0 Å². The van der Waals surface area contributed by atoms with Crippen LogP contribution in [0, 0.1) is 20.2 Å². The largest absolute Gasteiger partial charge is 0.356 e. The number of hydrogen-bond acceptors (Lipinski definition) is 10. The van der Waals surface area contributed by atoms with Crippen LogP contribution in [0.2, 0.25) is 5.02 Å². The van der Waals surface area contributed by atoms with Crippen molar-refractivity contribution in [1.29, 1.82) is 0 Å². The SMILES string of the molecule is O=C(NNc1ncnc(NNC(=O)c2cccc([N+](=O)[O-])c2)c1[N+](=O)[O-])c1ccc(Cl)cc1. The van der Waals surface area contributed by atoms with Gasteiger partial charge in [0.05, 0.1) is 9.85 Å². The number of benzene rings is 2. The van der Waals surface area contributed by atoms with Gasteiger partial charge in [-0.05, 0) is 30.3 Å². The van der Waals surface area contributed by atoms with Crippen LogP contribution in [0.5, 0.6) is 0 Å². The van der Waals surface area contributed by atoms with E-state index in [0.717, 1.165) is 12.4 Å². The van der Waals surface area contributed by atoms with Gasteiger partial charge in [-0.25, -0.2) is 9.97 Å². The highest BCUT2D eigenvalue weighted by Crippen LogP contribution is 2.28. The average Bonchev–Trinajstić information content (AvgIpc) is 2.81. The Morgan fingerprint density at radius 3 is 1.94 bits per heavy atom. The molecule has 0 radical (unpaired) electrons. The lowest BCUT2D eigenvalue weighted by Gasteiger charge is -2.11. The zero-order valence-corrected chi connectivity index (χ0v) is 17.1. The van der Waals surface area contributed by atoms with Crippen LogP contribution in [0.4, 0.5) is 23.0 Å². The van der Waals surface area contributed by atoms with Gasteiger partial charge in [0.2, 0.25) is 11.6 Å². The van der Waals surface area contributed by atoms with Crippen molar-refractivity contribution < 1.29 is 19.4 Å². The van der Waals surface area contributed by atoms with Gasteiger partial charge in [-0.15, -0.1) is 0 Å². The molecule has 2 aromatic carbocycles. The molecule has 168 valence electrons. The van der Waals surface area contributed by atoms with Crippen molar-refractivity contribution in [3.05, 3.63) is 91.2 Å². The smallest absolute Gasteiger partial charge is 0.276 e. The number of nitrogens with zero attached hydrogens (tertiary/aromatic N) is 4. The van der Waals surface area contributed by atoms with Crippen molar-refractivity contribution in [2.45, 2.75) is 0 Å². The quantitative estimate of drug-likeness (QED) is 0.279. The third kappa shape index (κ3) is 5.65. The lowest BCUT2D eigenvalue weighted by Crippen LogP contribution is -2.32. The number of rotatable bonds is 8. The third-order valence-corrected chi connectivity index (χ3v) is 4.27.